The van der Waals surface area contributed by atoms with Gasteiger partial charge in [-0.3, -0.25) is 0 Å². The van der Waals surface area contributed by atoms with Crippen molar-refractivity contribution in [1.82, 2.24) is 14.3 Å². The molecule has 0 radical (unpaired) electrons. The highest BCUT2D eigenvalue weighted by molar-refractivity contribution is 7.09. The van der Waals surface area contributed by atoms with Crippen LogP contribution in [0.1, 0.15) is 17.1 Å². The van der Waals surface area contributed by atoms with Crippen LogP contribution in [0.2, 0.25) is 0 Å². The summed E-state index contributed by atoms with van der Waals surface area (Å²) in [5, 5.41) is 2.34. The number of nitrogens with zero attached hydrogens (tertiary/aromatic N) is 3. The fourth-order valence-corrected chi connectivity index (χ4v) is 3.73. The molecule has 0 aliphatic carbocycles. The second-order valence-corrected chi connectivity index (χ2v) is 6.27. The van der Waals surface area contributed by atoms with Crippen LogP contribution in [0, 0.1) is 0 Å². The molecule has 114 valence electrons. The van der Waals surface area contributed by atoms with Crippen molar-refractivity contribution < 1.29 is 4.74 Å². The van der Waals surface area contributed by atoms with Crippen molar-refractivity contribution in [2.45, 2.75) is 19.4 Å². The van der Waals surface area contributed by atoms with Crippen LogP contribution in [-0.4, -0.2) is 34.6 Å². The largest absolute Gasteiger partial charge is 0.384 e. The minimum atomic E-state index is 0.669. The first-order valence-electron chi connectivity index (χ1n) is 7.50. The predicted octanol–water partition coefficient (Wildman–Crippen LogP) is 2.77. The van der Waals surface area contributed by atoms with Crippen molar-refractivity contribution >= 4 is 27.6 Å². The minimum Gasteiger partial charge on any atom is -0.384 e. The van der Waals surface area contributed by atoms with Crippen LogP contribution < -0.4 is 4.90 Å². The van der Waals surface area contributed by atoms with Gasteiger partial charge in [0.05, 0.1) is 6.61 Å². The molecule has 22 heavy (non-hydrogen) atoms. The molecule has 0 spiro atoms. The van der Waals surface area contributed by atoms with Gasteiger partial charge in [-0.05, 0) is 6.07 Å². The number of para-hydroxylation sites is 1. The highest BCUT2D eigenvalue weighted by Crippen LogP contribution is 2.30. The number of hydrogen-bond acceptors (Lipinski definition) is 5. The molecule has 0 unspecified atom stereocenters. The van der Waals surface area contributed by atoms with E-state index in [-0.39, 0.29) is 0 Å². The molecule has 1 aromatic carbocycles. The molecule has 1 N–H and O–H groups in total. The van der Waals surface area contributed by atoms with Crippen molar-refractivity contribution in [3.63, 3.8) is 0 Å². The molecule has 5 nitrogen and oxygen atoms in total. The average Bonchev–Trinajstić information content (AvgIpc) is 3.16. The molecule has 1 aliphatic rings. The van der Waals surface area contributed by atoms with Crippen LogP contribution in [0.3, 0.4) is 0 Å². The number of benzene rings is 1. The summed E-state index contributed by atoms with van der Waals surface area (Å²) >= 11 is 1.49. The Labute approximate surface area is 133 Å². The first-order chi connectivity index (χ1) is 10.8. The number of H-pyrrole nitrogens is 1. The van der Waals surface area contributed by atoms with Crippen LogP contribution in [-0.2, 0) is 24.1 Å². The van der Waals surface area contributed by atoms with Crippen LogP contribution >= 0.6 is 11.5 Å². The lowest BCUT2D eigenvalue weighted by atomic mass is 10.1. The Kier molecular flexibility index (Phi) is 3.56. The summed E-state index contributed by atoms with van der Waals surface area (Å²) in [4.78, 5) is 10.5. The molecule has 0 amide bonds. The molecule has 2 aromatic heterocycles. The summed E-state index contributed by atoms with van der Waals surface area (Å²) in [7, 11) is 1.70. The maximum Gasteiger partial charge on any atom is 0.205 e. The number of ether oxygens (including phenoxy) is 1. The van der Waals surface area contributed by atoms with Gasteiger partial charge in [-0.15, -0.1) is 0 Å². The standard InChI is InChI=1S/C16H18N4OS/c1-21-9-7-15-18-16(22-19-15)20-8-6-14-12(10-20)11-4-2-3-5-13(11)17-14/h2-5,17H,6-10H2,1H3. The van der Waals surface area contributed by atoms with Gasteiger partial charge < -0.3 is 14.6 Å². The quantitative estimate of drug-likeness (QED) is 0.804. The minimum absolute atomic E-state index is 0.669. The lowest BCUT2D eigenvalue weighted by Crippen LogP contribution is -2.30. The molecule has 1 aliphatic heterocycles. The number of methoxy groups -OCH3 is 1. The van der Waals surface area contributed by atoms with E-state index in [1.165, 1.54) is 33.7 Å². The lowest BCUT2D eigenvalue weighted by molar-refractivity contribution is 0.201. The molecule has 3 heterocycles. The topological polar surface area (TPSA) is 54.0 Å². The summed E-state index contributed by atoms with van der Waals surface area (Å²) in [5.74, 6) is 0.881. The summed E-state index contributed by atoms with van der Waals surface area (Å²) < 4.78 is 9.53. The van der Waals surface area contributed by atoms with Crippen LogP contribution in [0.4, 0.5) is 5.13 Å². The molecular weight excluding hydrogens is 296 g/mol. The summed E-state index contributed by atoms with van der Waals surface area (Å²) in [6, 6.07) is 8.52. The molecule has 0 bridgehead atoms. The first kappa shape index (κ1) is 13.7. The highest BCUT2D eigenvalue weighted by Gasteiger charge is 2.22. The highest BCUT2D eigenvalue weighted by atomic mass is 32.1. The smallest absolute Gasteiger partial charge is 0.205 e. The van der Waals surface area contributed by atoms with Crippen LogP contribution in [0.5, 0.6) is 0 Å². The molecule has 3 aromatic rings. The van der Waals surface area contributed by atoms with E-state index in [2.05, 4.69) is 43.5 Å². The molecule has 6 heteroatoms. The Morgan fingerprint density at radius 1 is 1.36 bits per heavy atom. The number of aromatic amines is 1. The molecule has 0 atom stereocenters. The Morgan fingerprint density at radius 2 is 2.27 bits per heavy atom. The van der Waals surface area contributed by atoms with E-state index in [1.54, 1.807) is 7.11 Å². The Morgan fingerprint density at radius 3 is 3.18 bits per heavy atom. The van der Waals surface area contributed by atoms with E-state index in [1.807, 2.05) is 0 Å². The van der Waals surface area contributed by atoms with Crippen molar-refractivity contribution in [1.29, 1.82) is 0 Å². The van der Waals surface area contributed by atoms with Crippen molar-refractivity contribution in [3.05, 3.63) is 41.3 Å². The molecule has 0 saturated carbocycles. The molecule has 4 rings (SSSR count). The van der Waals surface area contributed by atoms with E-state index in [4.69, 9.17) is 4.74 Å². The number of anilines is 1. The summed E-state index contributed by atoms with van der Waals surface area (Å²) in [6.45, 7) is 2.56. The third kappa shape index (κ3) is 2.38. The molecule has 0 saturated heterocycles. The van der Waals surface area contributed by atoms with E-state index in [9.17, 15) is 0 Å². The van der Waals surface area contributed by atoms with Crippen LogP contribution in [0.15, 0.2) is 24.3 Å². The zero-order valence-corrected chi connectivity index (χ0v) is 13.3. The normalized spacial score (nSPS) is 14.5. The van der Waals surface area contributed by atoms with Gasteiger partial charge in [0.25, 0.3) is 0 Å². The summed E-state index contributed by atoms with van der Waals surface area (Å²) in [6.07, 6.45) is 1.80. The van der Waals surface area contributed by atoms with Crippen molar-refractivity contribution in [3.8, 4) is 0 Å². The van der Waals surface area contributed by atoms with Crippen molar-refractivity contribution in [2.24, 2.45) is 0 Å². The molecular formula is C16H18N4OS. The fraction of sp³-hybridized carbons (Fsp3) is 0.375. The summed E-state index contributed by atoms with van der Waals surface area (Å²) in [5.41, 5.74) is 3.99. The Bertz CT molecular complexity index is 794. The number of aromatic nitrogens is 3. The van der Waals surface area contributed by atoms with Gasteiger partial charge in [0.15, 0.2) is 0 Å². The zero-order valence-electron chi connectivity index (χ0n) is 12.5. The van der Waals surface area contributed by atoms with Crippen LogP contribution in [0.25, 0.3) is 10.9 Å². The Balaban J connectivity index is 1.59. The van der Waals surface area contributed by atoms with Gasteiger partial charge >= 0.3 is 0 Å². The van der Waals surface area contributed by atoms with E-state index in [0.717, 1.165) is 36.9 Å². The monoisotopic (exact) mass is 314 g/mol. The van der Waals surface area contributed by atoms with E-state index >= 15 is 0 Å². The van der Waals surface area contributed by atoms with Crippen molar-refractivity contribution in [2.75, 3.05) is 25.2 Å². The third-order valence-corrected chi connectivity index (χ3v) is 4.96. The third-order valence-electron chi connectivity index (χ3n) is 4.14. The van der Waals surface area contributed by atoms with Gasteiger partial charge in [-0.2, -0.15) is 4.37 Å². The van der Waals surface area contributed by atoms with Gasteiger partial charge in [0, 0.05) is 66.7 Å². The van der Waals surface area contributed by atoms with Gasteiger partial charge in [-0.25, -0.2) is 4.98 Å². The number of nitrogens with one attached hydrogen (secondary N) is 1. The lowest BCUT2D eigenvalue weighted by Gasteiger charge is -2.26. The Hall–Kier alpha value is -1.92. The SMILES string of the molecule is COCCc1nsc(N2CCc3[nH]c4ccccc4c3C2)n1. The van der Waals surface area contributed by atoms with Gasteiger partial charge in [-0.1, -0.05) is 18.2 Å². The second-order valence-electron chi connectivity index (χ2n) is 5.54. The fourth-order valence-electron chi connectivity index (χ4n) is 3.00. The number of rotatable bonds is 4. The second kappa shape index (κ2) is 5.70. The molecule has 0 fully saturated rings. The maximum atomic E-state index is 5.09. The number of fused-ring (bicyclic) bond motifs is 3. The van der Waals surface area contributed by atoms with Gasteiger partial charge in [0.1, 0.15) is 5.82 Å². The maximum absolute atomic E-state index is 5.09. The first-order valence-corrected chi connectivity index (χ1v) is 8.27. The van der Waals surface area contributed by atoms with E-state index in [0.29, 0.717) is 6.61 Å². The predicted molar refractivity (Wildman–Crippen MR) is 88.5 cm³/mol. The van der Waals surface area contributed by atoms with E-state index < -0.39 is 0 Å². The average molecular weight is 314 g/mol. The zero-order chi connectivity index (χ0) is 14.9. The number of hydrogen-bond donors (Lipinski definition) is 1. The van der Waals surface area contributed by atoms with Gasteiger partial charge in [0.2, 0.25) is 5.13 Å².